The van der Waals surface area contributed by atoms with Gasteiger partial charge in [0, 0.05) is 12.6 Å². The lowest BCUT2D eigenvalue weighted by atomic mass is 9.61. The van der Waals surface area contributed by atoms with Gasteiger partial charge < -0.3 is 0 Å². The van der Waals surface area contributed by atoms with Gasteiger partial charge in [-0.25, -0.2) is 0 Å². The number of para-hydroxylation sites is 1. The molecule has 2 heterocycles. The number of fused-ring (bicyclic) bond motifs is 1. The van der Waals surface area contributed by atoms with Crippen molar-refractivity contribution in [3.05, 3.63) is 42.0 Å². The van der Waals surface area contributed by atoms with Crippen LogP contribution in [0.5, 0.6) is 0 Å². The Balaban J connectivity index is 0.000000581. The van der Waals surface area contributed by atoms with E-state index < -0.39 is 0 Å². The summed E-state index contributed by atoms with van der Waals surface area (Å²) in [7, 11) is 2.23. The molecule has 0 N–H and O–H groups in total. The monoisotopic (exact) mass is 268 g/mol. The van der Waals surface area contributed by atoms with Crippen LogP contribution in [0, 0.1) is 0 Å². The Hall–Kier alpha value is -1.41. The predicted molar refractivity (Wildman–Crippen MR) is 86.0 cm³/mol. The van der Waals surface area contributed by atoms with E-state index in [1.54, 1.807) is 0 Å². The number of rotatable bonds is 0. The second kappa shape index (κ2) is 4.85. The fraction of sp³-hybridized carbons (Fsp3) is 0.500. The van der Waals surface area contributed by atoms with Crippen molar-refractivity contribution in [3.63, 3.8) is 0 Å². The maximum absolute atomic E-state index is 4.96. The van der Waals surface area contributed by atoms with Crippen LogP contribution in [-0.2, 0) is 5.41 Å². The molecule has 4 rings (SSSR count). The van der Waals surface area contributed by atoms with Crippen LogP contribution in [0.15, 0.2) is 41.4 Å². The van der Waals surface area contributed by atoms with Gasteiger partial charge in [-0.1, -0.05) is 44.2 Å². The summed E-state index contributed by atoms with van der Waals surface area (Å²) < 4.78 is 0. The first-order valence-electron chi connectivity index (χ1n) is 7.80. The molecule has 2 aliphatic heterocycles. The maximum atomic E-state index is 4.96. The van der Waals surface area contributed by atoms with E-state index in [1.807, 2.05) is 13.8 Å². The third-order valence-electron chi connectivity index (χ3n) is 5.05. The average Bonchev–Trinajstić information content (AvgIpc) is 2.84. The molecule has 2 nitrogen and oxygen atoms in total. The van der Waals surface area contributed by atoms with Gasteiger partial charge in [0.2, 0.25) is 0 Å². The molecular formula is C18H24N2. The van der Waals surface area contributed by atoms with E-state index >= 15 is 0 Å². The fourth-order valence-corrected chi connectivity index (χ4v) is 4.06. The summed E-state index contributed by atoms with van der Waals surface area (Å²) in [6.07, 6.45) is 3.47. The van der Waals surface area contributed by atoms with Gasteiger partial charge in [0.15, 0.2) is 0 Å². The molecule has 0 aromatic heterocycles. The summed E-state index contributed by atoms with van der Waals surface area (Å²) >= 11 is 0. The van der Waals surface area contributed by atoms with Gasteiger partial charge in [-0.15, -0.1) is 0 Å². The van der Waals surface area contributed by atoms with E-state index in [4.69, 9.17) is 4.99 Å². The third kappa shape index (κ3) is 1.58. The third-order valence-corrected chi connectivity index (χ3v) is 5.05. The molecule has 0 spiro atoms. The van der Waals surface area contributed by atoms with E-state index in [9.17, 15) is 0 Å². The van der Waals surface area contributed by atoms with Crippen molar-refractivity contribution in [2.45, 2.75) is 44.6 Å². The van der Waals surface area contributed by atoms with Crippen LogP contribution in [0.3, 0.4) is 0 Å². The Labute approximate surface area is 122 Å². The number of likely N-dealkylation sites (tertiary alicyclic amines) is 1. The lowest BCUT2D eigenvalue weighted by Crippen LogP contribution is -2.57. The minimum atomic E-state index is 0.0754. The lowest BCUT2D eigenvalue weighted by Gasteiger charge is -2.49. The molecular weight excluding hydrogens is 244 g/mol. The second-order valence-electron chi connectivity index (χ2n) is 5.81. The van der Waals surface area contributed by atoms with E-state index in [2.05, 4.69) is 42.8 Å². The summed E-state index contributed by atoms with van der Waals surface area (Å²) in [5.74, 6) is 0. The molecule has 2 atom stereocenters. The number of hydrogen-bond donors (Lipinski definition) is 0. The summed E-state index contributed by atoms with van der Waals surface area (Å²) in [6, 6.07) is 9.16. The molecule has 2 bridgehead atoms. The Bertz CT molecular complexity index is 573. The number of aliphatic imine (C=N–C) groups is 1. The first-order valence-corrected chi connectivity index (χ1v) is 7.80. The zero-order valence-corrected chi connectivity index (χ0v) is 12.8. The second-order valence-corrected chi connectivity index (χ2v) is 5.81. The predicted octanol–water partition coefficient (Wildman–Crippen LogP) is 4.09. The SMILES string of the molecule is C=C1CCC2C3=Nc4ccccc4C13CCN2C.CC. The number of benzene rings is 1. The standard InChI is InChI=1S/C16H18N2.C2H6/c1-11-7-8-14-15-16(11,9-10-18(14)2)12-5-3-4-6-13(12)17-15;1-2/h3-6,14H,1,7-10H2,2H3;1-2H3. The van der Waals surface area contributed by atoms with Crippen molar-refractivity contribution >= 4 is 11.4 Å². The van der Waals surface area contributed by atoms with Gasteiger partial charge in [-0.05, 0) is 37.9 Å². The molecule has 3 aliphatic rings. The summed E-state index contributed by atoms with van der Waals surface area (Å²) in [5, 5.41) is 0. The molecule has 2 heteroatoms. The van der Waals surface area contributed by atoms with Gasteiger partial charge in [0.05, 0.1) is 16.8 Å². The van der Waals surface area contributed by atoms with Gasteiger partial charge in [0.1, 0.15) is 0 Å². The van der Waals surface area contributed by atoms with Crippen LogP contribution in [0.2, 0.25) is 0 Å². The molecule has 1 aromatic carbocycles. The van der Waals surface area contributed by atoms with Crippen molar-refractivity contribution in [2.24, 2.45) is 4.99 Å². The van der Waals surface area contributed by atoms with E-state index in [0.29, 0.717) is 6.04 Å². The highest BCUT2D eigenvalue weighted by molar-refractivity contribution is 6.09. The van der Waals surface area contributed by atoms with Crippen molar-refractivity contribution in [1.82, 2.24) is 4.90 Å². The first-order chi connectivity index (χ1) is 9.73. The van der Waals surface area contributed by atoms with Gasteiger partial charge in [0.25, 0.3) is 0 Å². The molecule has 1 aromatic rings. The number of hydrogen-bond acceptors (Lipinski definition) is 2. The molecule has 0 radical (unpaired) electrons. The normalized spacial score (nSPS) is 30.9. The first kappa shape index (κ1) is 13.6. The van der Waals surface area contributed by atoms with Crippen molar-refractivity contribution in [3.8, 4) is 0 Å². The van der Waals surface area contributed by atoms with Crippen LogP contribution in [0.4, 0.5) is 5.69 Å². The minimum Gasteiger partial charge on any atom is -0.298 e. The molecule has 1 aliphatic carbocycles. The largest absolute Gasteiger partial charge is 0.298 e. The summed E-state index contributed by atoms with van der Waals surface area (Å²) in [6.45, 7) is 9.54. The Morgan fingerprint density at radius 2 is 2.05 bits per heavy atom. The smallest absolute Gasteiger partial charge is 0.0675 e. The fourth-order valence-electron chi connectivity index (χ4n) is 4.06. The van der Waals surface area contributed by atoms with Crippen LogP contribution >= 0.6 is 0 Å². The van der Waals surface area contributed by atoms with Crippen molar-refractivity contribution in [1.29, 1.82) is 0 Å². The van der Waals surface area contributed by atoms with E-state index in [1.165, 1.54) is 29.0 Å². The zero-order valence-electron chi connectivity index (χ0n) is 12.8. The van der Waals surface area contributed by atoms with Gasteiger partial charge in [-0.3, -0.25) is 9.89 Å². The maximum Gasteiger partial charge on any atom is 0.0675 e. The highest BCUT2D eigenvalue weighted by Crippen LogP contribution is 2.54. The van der Waals surface area contributed by atoms with Crippen molar-refractivity contribution < 1.29 is 0 Å². The Kier molecular flexibility index (Phi) is 3.29. The van der Waals surface area contributed by atoms with Crippen LogP contribution in [-0.4, -0.2) is 30.2 Å². The number of nitrogens with zero attached hydrogens (tertiary/aromatic N) is 2. The quantitative estimate of drug-likeness (QED) is 0.647. The van der Waals surface area contributed by atoms with Gasteiger partial charge >= 0.3 is 0 Å². The summed E-state index contributed by atoms with van der Waals surface area (Å²) in [5.41, 5.74) is 5.41. The summed E-state index contributed by atoms with van der Waals surface area (Å²) in [4.78, 5) is 7.43. The molecule has 106 valence electrons. The lowest BCUT2D eigenvalue weighted by molar-refractivity contribution is 0.217. The number of piperidine rings is 1. The Morgan fingerprint density at radius 1 is 1.30 bits per heavy atom. The topological polar surface area (TPSA) is 15.6 Å². The molecule has 1 saturated carbocycles. The van der Waals surface area contributed by atoms with Gasteiger partial charge in [-0.2, -0.15) is 0 Å². The highest BCUT2D eigenvalue weighted by Gasteiger charge is 2.53. The molecule has 2 unspecified atom stereocenters. The molecule has 2 fully saturated rings. The minimum absolute atomic E-state index is 0.0754. The Morgan fingerprint density at radius 3 is 2.85 bits per heavy atom. The van der Waals surface area contributed by atoms with Crippen LogP contribution < -0.4 is 0 Å². The van der Waals surface area contributed by atoms with Crippen molar-refractivity contribution in [2.75, 3.05) is 13.6 Å². The van der Waals surface area contributed by atoms with E-state index in [0.717, 1.165) is 19.4 Å². The van der Waals surface area contributed by atoms with Crippen LogP contribution in [0.1, 0.15) is 38.7 Å². The molecule has 20 heavy (non-hydrogen) atoms. The molecule has 1 saturated heterocycles. The molecule has 0 amide bonds. The van der Waals surface area contributed by atoms with E-state index in [-0.39, 0.29) is 5.41 Å². The zero-order chi connectivity index (χ0) is 14.3. The number of allylic oxidation sites excluding steroid dienone is 1. The highest BCUT2D eigenvalue weighted by atomic mass is 15.2. The average molecular weight is 268 g/mol. The van der Waals surface area contributed by atoms with Crippen LogP contribution in [0.25, 0.3) is 0 Å².